The summed E-state index contributed by atoms with van der Waals surface area (Å²) in [5.41, 5.74) is 10.3. The van der Waals surface area contributed by atoms with Crippen molar-refractivity contribution in [3.05, 3.63) is 58.9 Å². The van der Waals surface area contributed by atoms with Crippen LogP contribution in [0, 0.1) is 5.82 Å². The molecule has 1 aliphatic carbocycles. The van der Waals surface area contributed by atoms with Crippen molar-refractivity contribution in [1.29, 1.82) is 0 Å². The van der Waals surface area contributed by atoms with E-state index in [0.717, 1.165) is 18.5 Å². The monoisotopic (exact) mass is 313 g/mol. The summed E-state index contributed by atoms with van der Waals surface area (Å²) in [6.07, 6.45) is 3.47. The zero-order valence-corrected chi connectivity index (χ0v) is 13.1. The number of nitrogens with one attached hydrogen (secondary N) is 1. The molecule has 0 atom stereocenters. The third-order valence-corrected chi connectivity index (χ3v) is 4.03. The van der Waals surface area contributed by atoms with E-state index >= 15 is 0 Å². The quantitative estimate of drug-likeness (QED) is 0.673. The third kappa shape index (κ3) is 3.62. The standard InChI is InChI=1S/C18H20FN3O/c1-23-17-8-6-15(19)9-14(17)11-21-18(20)22-16-7-5-12-3-2-4-13(12)10-16/h5-10H,2-4,11H2,1H3,(H3,20,21,22). The predicted octanol–water partition coefficient (Wildman–Crippen LogP) is 3.25. The van der Waals surface area contributed by atoms with Gasteiger partial charge in [-0.2, -0.15) is 0 Å². The second-order valence-electron chi connectivity index (χ2n) is 5.62. The van der Waals surface area contributed by atoms with Crippen LogP contribution in [-0.4, -0.2) is 13.1 Å². The van der Waals surface area contributed by atoms with Crippen molar-refractivity contribution in [3.8, 4) is 5.75 Å². The van der Waals surface area contributed by atoms with Crippen LogP contribution in [0.1, 0.15) is 23.1 Å². The highest BCUT2D eigenvalue weighted by Crippen LogP contribution is 2.25. The molecule has 0 heterocycles. The number of rotatable bonds is 4. The molecule has 0 fully saturated rings. The molecule has 1 aliphatic rings. The van der Waals surface area contributed by atoms with E-state index in [0.29, 0.717) is 17.3 Å². The molecule has 0 spiro atoms. The number of nitrogens with zero attached hydrogens (tertiary/aromatic N) is 1. The van der Waals surface area contributed by atoms with Crippen molar-refractivity contribution in [3.63, 3.8) is 0 Å². The third-order valence-electron chi connectivity index (χ3n) is 4.03. The second kappa shape index (κ2) is 6.69. The summed E-state index contributed by atoms with van der Waals surface area (Å²) in [6.45, 7) is 0.255. The van der Waals surface area contributed by atoms with Gasteiger partial charge in [-0.3, -0.25) is 0 Å². The number of guanidine groups is 1. The van der Waals surface area contributed by atoms with Crippen molar-refractivity contribution >= 4 is 11.6 Å². The van der Waals surface area contributed by atoms with Crippen molar-refractivity contribution < 1.29 is 9.13 Å². The van der Waals surface area contributed by atoms with E-state index in [2.05, 4.69) is 22.4 Å². The Morgan fingerprint density at radius 1 is 1.22 bits per heavy atom. The zero-order valence-electron chi connectivity index (χ0n) is 13.1. The van der Waals surface area contributed by atoms with Gasteiger partial charge in [0.25, 0.3) is 0 Å². The molecule has 3 N–H and O–H groups in total. The number of hydrogen-bond donors (Lipinski definition) is 2. The average Bonchev–Trinajstić information content (AvgIpc) is 3.00. The molecule has 5 heteroatoms. The number of ether oxygens (including phenoxy) is 1. The Balaban J connectivity index is 1.70. The Bertz CT molecular complexity index is 743. The minimum absolute atomic E-state index is 0.255. The molecule has 2 aromatic carbocycles. The molecule has 0 aromatic heterocycles. The molecule has 0 amide bonds. The summed E-state index contributed by atoms with van der Waals surface area (Å²) in [5.74, 6) is 0.580. The van der Waals surface area contributed by atoms with Crippen LogP contribution in [0.4, 0.5) is 10.1 Å². The van der Waals surface area contributed by atoms with Gasteiger partial charge in [0.15, 0.2) is 5.96 Å². The van der Waals surface area contributed by atoms with E-state index in [1.54, 1.807) is 13.2 Å². The first-order chi connectivity index (χ1) is 11.2. The first-order valence-corrected chi connectivity index (χ1v) is 7.67. The summed E-state index contributed by atoms with van der Waals surface area (Å²) in [5, 5.41) is 3.09. The number of aliphatic imine (C=N–C) groups is 1. The maximum absolute atomic E-state index is 13.3. The average molecular weight is 313 g/mol. The maximum atomic E-state index is 13.3. The van der Waals surface area contributed by atoms with Gasteiger partial charge in [0.05, 0.1) is 13.7 Å². The molecule has 4 nitrogen and oxygen atoms in total. The van der Waals surface area contributed by atoms with Gasteiger partial charge in [-0.25, -0.2) is 9.38 Å². The number of benzene rings is 2. The van der Waals surface area contributed by atoms with E-state index in [1.165, 1.54) is 29.7 Å². The molecule has 120 valence electrons. The van der Waals surface area contributed by atoms with Crippen LogP contribution >= 0.6 is 0 Å². The fraction of sp³-hybridized carbons (Fsp3) is 0.278. The molecule has 0 saturated heterocycles. The number of aryl methyl sites for hydroxylation is 2. The van der Waals surface area contributed by atoms with Crippen molar-refractivity contribution in [2.75, 3.05) is 12.4 Å². The Morgan fingerprint density at radius 2 is 2.04 bits per heavy atom. The van der Waals surface area contributed by atoms with E-state index in [-0.39, 0.29) is 12.4 Å². The van der Waals surface area contributed by atoms with Gasteiger partial charge in [0, 0.05) is 11.3 Å². The minimum atomic E-state index is -0.318. The summed E-state index contributed by atoms with van der Waals surface area (Å²) in [6, 6.07) is 10.6. The lowest BCUT2D eigenvalue weighted by atomic mass is 10.1. The second-order valence-corrected chi connectivity index (χ2v) is 5.62. The number of hydrogen-bond acceptors (Lipinski definition) is 2. The van der Waals surface area contributed by atoms with Crippen LogP contribution in [0.25, 0.3) is 0 Å². The number of fused-ring (bicyclic) bond motifs is 1. The van der Waals surface area contributed by atoms with Gasteiger partial charge in [0.1, 0.15) is 11.6 Å². The summed E-state index contributed by atoms with van der Waals surface area (Å²) >= 11 is 0. The summed E-state index contributed by atoms with van der Waals surface area (Å²) < 4.78 is 18.5. The number of anilines is 1. The first kappa shape index (κ1) is 15.3. The van der Waals surface area contributed by atoms with E-state index in [9.17, 15) is 4.39 Å². The molecular weight excluding hydrogens is 293 g/mol. The van der Waals surface area contributed by atoms with Gasteiger partial charge in [0.2, 0.25) is 0 Å². The van der Waals surface area contributed by atoms with E-state index in [4.69, 9.17) is 10.5 Å². The lowest BCUT2D eigenvalue weighted by Gasteiger charge is -2.09. The summed E-state index contributed by atoms with van der Waals surface area (Å²) in [7, 11) is 1.55. The molecule has 0 bridgehead atoms. The van der Waals surface area contributed by atoms with Crippen LogP contribution < -0.4 is 15.8 Å². The molecule has 0 saturated carbocycles. The van der Waals surface area contributed by atoms with Gasteiger partial charge >= 0.3 is 0 Å². The van der Waals surface area contributed by atoms with Crippen LogP contribution in [-0.2, 0) is 19.4 Å². The minimum Gasteiger partial charge on any atom is -0.496 e. The topological polar surface area (TPSA) is 59.6 Å². The molecule has 0 aliphatic heterocycles. The SMILES string of the molecule is COc1ccc(F)cc1CN=C(N)Nc1ccc2c(c1)CCC2. The molecule has 23 heavy (non-hydrogen) atoms. The van der Waals surface area contributed by atoms with Crippen molar-refractivity contribution in [2.24, 2.45) is 10.7 Å². The number of halogens is 1. The Kier molecular flexibility index (Phi) is 4.46. The zero-order chi connectivity index (χ0) is 16.2. The van der Waals surface area contributed by atoms with Crippen molar-refractivity contribution in [2.45, 2.75) is 25.8 Å². The maximum Gasteiger partial charge on any atom is 0.193 e. The van der Waals surface area contributed by atoms with Gasteiger partial charge < -0.3 is 15.8 Å². The number of methoxy groups -OCH3 is 1. The lowest BCUT2D eigenvalue weighted by Crippen LogP contribution is -2.22. The Labute approximate surface area is 135 Å². The molecular formula is C18H20FN3O. The van der Waals surface area contributed by atoms with Crippen LogP contribution in [0.2, 0.25) is 0 Å². The molecule has 0 unspecified atom stereocenters. The van der Waals surface area contributed by atoms with Gasteiger partial charge in [-0.05, 0) is 60.7 Å². The fourth-order valence-corrected chi connectivity index (χ4v) is 2.88. The highest BCUT2D eigenvalue weighted by atomic mass is 19.1. The smallest absolute Gasteiger partial charge is 0.193 e. The lowest BCUT2D eigenvalue weighted by molar-refractivity contribution is 0.408. The van der Waals surface area contributed by atoms with E-state index < -0.39 is 0 Å². The first-order valence-electron chi connectivity index (χ1n) is 7.67. The molecule has 3 rings (SSSR count). The van der Waals surface area contributed by atoms with Crippen LogP contribution in [0.15, 0.2) is 41.4 Å². The highest BCUT2D eigenvalue weighted by molar-refractivity contribution is 5.92. The molecule has 0 radical (unpaired) electrons. The largest absolute Gasteiger partial charge is 0.496 e. The summed E-state index contributed by atoms with van der Waals surface area (Å²) in [4.78, 5) is 4.27. The Hall–Kier alpha value is -2.56. The van der Waals surface area contributed by atoms with E-state index in [1.807, 2.05) is 6.07 Å². The molecule has 2 aromatic rings. The predicted molar refractivity (Wildman–Crippen MR) is 90.4 cm³/mol. The highest BCUT2D eigenvalue weighted by Gasteiger charge is 2.11. The van der Waals surface area contributed by atoms with Crippen LogP contribution in [0.3, 0.4) is 0 Å². The van der Waals surface area contributed by atoms with Gasteiger partial charge in [-0.15, -0.1) is 0 Å². The van der Waals surface area contributed by atoms with Gasteiger partial charge in [-0.1, -0.05) is 6.07 Å². The fourth-order valence-electron chi connectivity index (χ4n) is 2.88. The van der Waals surface area contributed by atoms with Crippen molar-refractivity contribution in [1.82, 2.24) is 0 Å². The normalized spacial score (nSPS) is 13.7. The Morgan fingerprint density at radius 3 is 2.87 bits per heavy atom. The van der Waals surface area contributed by atoms with Crippen LogP contribution in [0.5, 0.6) is 5.75 Å². The number of nitrogens with two attached hydrogens (primary N) is 1.